The highest BCUT2D eigenvalue weighted by Crippen LogP contribution is 2.15. The second-order valence-corrected chi connectivity index (χ2v) is 3.44. The largest absolute Gasteiger partial charge is 0.390 e. The van der Waals surface area contributed by atoms with Crippen LogP contribution in [0.2, 0.25) is 5.02 Å². The molecule has 1 N–H and O–H groups in total. The Balaban J connectivity index is 2.44. The molecular formula is C11H10ClNO. The van der Waals surface area contributed by atoms with Crippen LogP contribution in [0, 0.1) is 0 Å². The van der Waals surface area contributed by atoms with Gasteiger partial charge in [-0.15, -0.1) is 0 Å². The van der Waals surface area contributed by atoms with Crippen LogP contribution in [0.25, 0.3) is 5.69 Å². The van der Waals surface area contributed by atoms with Crippen molar-refractivity contribution in [2.24, 2.45) is 0 Å². The van der Waals surface area contributed by atoms with Crippen LogP contribution >= 0.6 is 11.6 Å². The van der Waals surface area contributed by atoms with Gasteiger partial charge < -0.3 is 9.67 Å². The summed E-state index contributed by atoms with van der Waals surface area (Å²) in [6, 6.07) is 11.3. The van der Waals surface area contributed by atoms with Crippen LogP contribution in [-0.4, -0.2) is 9.67 Å². The number of benzene rings is 1. The van der Waals surface area contributed by atoms with Crippen LogP contribution in [0.1, 0.15) is 5.69 Å². The summed E-state index contributed by atoms with van der Waals surface area (Å²) in [7, 11) is 0. The van der Waals surface area contributed by atoms with Crippen LogP contribution in [-0.2, 0) is 6.61 Å². The summed E-state index contributed by atoms with van der Waals surface area (Å²) in [4.78, 5) is 0. The zero-order valence-electron chi connectivity index (χ0n) is 7.52. The lowest BCUT2D eigenvalue weighted by Crippen LogP contribution is -1.97. The van der Waals surface area contributed by atoms with Crippen molar-refractivity contribution in [1.29, 1.82) is 0 Å². The van der Waals surface area contributed by atoms with Gasteiger partial charge in [0.15, 0.2) is 0 Å². The highest BCUT2D eigenvalue weighted by Gasteiger charge is 2.00. The van der Waals surface area contributed by atoms with Gasteiger partial charge in [0.1, 0.15) is 0 Å². The number of aromatic nitrogens is 1. The van der Waals surface area contributed by atoms with E-state index in [1.54, 1.807) is 0 Å². The monoisotopic (exact) mass is 207 g/mol. The van der Waals surface area contributed by atoms with Gasteiger partial charge in [0.2, 0.25) is 0 Å². The second kappa shape index (κ2) is 3.86. The molecule has 0 aliphatic carbocycles. The number of aliphatic hydroxyl groups excluding tert-OH is 1. The van der Waals surface area contributed by atoms with Crippen molar-refractivity contribution in [3.05, 3.63) is 53.3 Å². The molecule has 0 saturated carbocycles. The maximum absolute atomic E-state index is 9.08. The molecule has 2 rings (SSSR count). The van der Waals surface area contributed by atoms with Crippen LogP contribution in [0.5, 0.6) is 0 Å². The lowest BCUT2D eigenvalue weighted by Gasteiger charge is -2.06. The molecule has 2 nitrogen and oxygen atoms in total. The predicted molar refractivity (Wildman–Crippen MR) is 56.7 cm³/mol. The molecule has 0 amide bonds. The van der Waals surface area contributed by atoms with Crippen LogP contribution in [0.4, 0.5) is 0 Å². The maximum atomic E-state index is 9.08. The number of aliphatic hydroxyl groups is 1. The molecule has 0 radical (unpaired) electrons. The van der Waals surface area contributed by atoms with Gasteiger partial charge in [0.25, 0.3) is 0 Å². The topological polar surface area (TPSA) is 25.2 Å². The van der Waals surface area contributed by atoms with E-state index in [0.29, 0.717) is 5.02 Å². The smallest absolute Gasteiger partial charge is 0.0836 e. The number of rotatable bonds is 2. The molecule has 2 aromatic rings. The maximum Gasteiger partial charge on any atom is 0.0836 e. The molecule has 3 heteroatoms. The normalized spacial score (nSPS) is 10.4. The minimum atomic E-state index is 0.0373. The minimum Gasteiger partial charge on any atom is -0.390 e. The molecule has 14 heavy (non-hydrogen) atoms. The molecule has 0 atom stereocenters. The first kappa shape index (κ1) is 9.31. The molecule has 0 spiro atoms. The van der Waals surface area contributed by atoms with Gasteiger partial charge in [-0.25, -0.2) is 0 Å². The summed E-state index contributed by atoms with van der Waals surface area (Å²) in [6.07, 6.45) is 1.91. The molecule has 1 aromatic heterocycles. The van der Waals surface area contributed by atoms with Gasteiger partial charge in [-0.3, -0.25) is 0 Å². The number of halogens is 1. The van der Waals surface area contributed by atoms with E-state index in [9.17, 15) is 0 Å². The van der Waals surface area contributed by atoms with Gasteiger partial charge in [-0.2, -0.15) is 0 Å². The standard InChI is InChI=1S/C11H10ClNO/c12-9-3-5-10(6-4-9)13-7-1-2-11(13)8-14/h1-7,14H,8H2. The van der Waals surface area contributed by atoms with E-state index in [0.717, 1.165) is 11.4 Å². The summed E-state index contributed by atoms with van der Waals surface area (Å²) < 4.78 is 1.93. The van der Waals surface area contributed by atoms with E-state index in [-0.39, 0.29) is 6.61 Å². The first-order valence-electron chi connectivity index (χ1n) is 4.34. The third kappa shape index (κ3) is 1.67. The molecule has 1 aromatic carbocycles. The highest BCUT2D eigenvalue weighted by atomic mass is 35.5. The van der Waals surface area contributed by atoms with E-state index in [2.05, 4.69) is 0 Å². The summed E-state index contributed by atoms with van der Waals surface area (Å²) in [5, 5.41) is 9.79. The fourth-order valence-corrected chi connectivity index (χ4v) is 1.52. The molecule has 0 fully saturated rings. The predicted octanol–water partition coefficient (Wildman–Crippen LogP) is 2.62. The summed E-state index contributed by atoms with van der Waals surface area (Å²) >= 11 is 5.79. The number of nitrogens with zero attached hydrogens (tertiary/aromatic N) is 1. The Bertz CT molecular complexity index is 419. The molecule has 72 valence electrons. The molecule has 0 saturated heterocycles. The van der Waals surface area contributed by atoms with Crippen molar-refractivity contribution in [3.8, 4) is 5.69 Å². The Hall–Kier alpha value is -1.25. The van der Waals surface area contributed by atoms with Crippen LogP contribution < -0.4 is 0 Å². The Morgan fingerprint density at radius 1 is 1.14 bits per heavy atom. The first-order valence-corrected chi connectivity index (χ1v) is 4.72. The van der Waals surface area contributed by atoms with Gasteiger partial charge in [-0.1, -0.05) is 11.6 Å². The molecule has 0 aliphatic rings. The van der Waals surface area contributed by atoms with Gasteiger partial charge in [-0.05, 0) is 36.4 Å². The zero-order chi connectivity index (χ0) is 9.97. The lowest BCUT2D eigenvalue weighted by molar-refractivity contribution is 0.274. The van der Waals surface area contributed by atoms with Crippen molar-refractivity contribution in [3.63, 3.8) is 0 Å². The molecule has 0 aliphatic heterocycles. The Labute approximate surface area is 87.4 Å². The van der Waals surface area contributed by atoms with E-state index < -0.39 is 0 Å². The minimum absolute atomic E-state index is 0.0373. The summed E-state index contributed by atoms with van der Waals surface area (Å²) in [5.41, 5.74) is 1.87. The van der Waals surface area contributed by atoms with Crippen LogP contribution in [0.3, 0.4) is 0 Å². The summed E-state index contributed by atoms with van der Waals surface area (Å²) in [5.74, 6) is 0. The van der Waals surface area contributed by atoms with Crippen molar-refractivity contribution >= 4 is 11.6 Å². The fraction of sp³-hybridized carbons (Fsp3) is 0.0909. The van der Waals surface area contributed by atoms with Gasteiger partial charge in [0.05, 0.1) is 6.61 Å². The molecule has 0 unspecified atom stereocenters. The van der Waals surface area contributed by atoms with Crippen molar-refractivity contribution < 1.29 is 5.11 Å². The number of hydrogen-bond acceptors (Lipinski definition) is 1. The fourth-order valence-electron chi connectivity index (χ4n) is 1.40. The SMILES string of the molecule is OCc1cccn1-c1ccc(Cl)cc1. The van der Waals surface area contributed by atoms with E-state index in [1.807, 2.05) is 47.2 Å². The average molecular weight is 208 g/mol. The number of hydrogen-bond donors (Lipinski definition) is 1. The Morgan fingerprint density at radius 2 is 1.86 bits per heavy atom. The van der Waals surface area contributed by atoms with E-state index in [4.69, 9.17) is 16.7 Å². The third-order valence-corrected chi connectivity index (χ3v) is 2.35. The van der Waals surface area contributed by atoms with Crippen LogP contribution in [0.15, 0.2) is 42.6 Å². The summed E-state index contributed by atoms with van der Waals surface area (Å²) in [6.45, 7) is 0.0373. The molecule has 0 bridgehead atoms. The second-order valence-electron chi connectivity index (χ2n) is 3.00. The van der Waals surface area contributed by atoms with E-state index in [1.165, 1.54) is 0 Å². The van der Waals surface area contributed by atoms with E-state index >= 15 is 0 Å². The van der Waals surface area contributed by atoms with Gasteiger partial charge in [0, 0.05) is 22.6 Å². The zero-order valence-corrected chi connectivity index (χ0v) is 8.28. The van der Waals surface area contributed by atoms with Gasteiger partial charge >= 0.3 is 0 Å². The van der Waals surface area contributed by atoms with Crippen molar-refractivity contribution in [2.75, 3.05) is 0 Å². The average Bonchev–Trinajstić information content (AvgIpc) is 2.67. The van der Waals surface area contributed by atoms with Crippen molar-refractivity contribution in [1.82, 2.24) is 4.57 Å². The Morgan fingerprint density at radius 3 is 2.50 bits per heavy atom. The first-order chi connectivity index (χ1) is 6.81. The molecule has 1 heterocycles. The lowest BCUT2D eigenvalue weighted by atomic mass is 10.3. The Kier molecular flexibility index (Phi) is 2.57. The van der Waals surface area contributed by atoms with Crippen molar-refractivity contribution in [2.45, 2.75) is 6.61 Å². The molecular weight excluding hydrogens is 198 g/mol. The third-order valence-electron chi connectivity index (χ3n) is 2.10. The quantitative estimate of drug-likeness (QED) is 0.805. The highest BCUT2D eigenvalue weighted by molar-refractivity contribution is 6.30.